The molecule has 4 aromatic carbocycles. The third-order valence-corrected chi connectivity index (χ3v) is 7.33. The summed E-state index contributed by atoms with van der Waals surface area (Å²) in [5.41, 5.74) is 8.40. The number of benzene rings is 4. The van der Waals surface area contributed by atoms with Crippen LogP contribution in [0.15, 0.2) is 88.4 Å². The van der Waals surface area contributed by atoms with Gasteiger partial charge in [0.25, 0.3) is 5.91 Å². The number of carbonyl (C=O) groups excluding carboxylic acids is 2. The van der Waals surface area contributed by atoms with Crippen molar-refractivity contribution in [1.82, 2.24) is 10.4 Å². The van der Waals surface area contributed by atoms with Crippen LogP contribution in [0.25, 0.3) is 22.0 Å². The van der Waals surface area contributed by atoms with Gasteiger partial charge in [0, 0.05) is 31.5 Å². The molecule has 0 aliphatic carbocycles. The van der Waals surface area contributed by atoms with E-state index in [2.05, 4.69) is 37.5 Å². The largest absolute Gasteiger partial charge is 0.493 e. The van der Waals surface area contributed by atoms with Crippen molar-refractivity contribution in [1.29, 1.82) is 0 Å². The van der Waals surface area contributed by atoms with Gasteiger partial charge >= 0.3 is 5.97 Å². The van der Waals surface area contributed by atoms with E-state index < -0.39 is 11.9 Å². The summed E-state index contributed by atoms with van der Waals surface area (Å²) in [6.07, 6.45) is 1.48. The SMILES string of the molecule is COc1cc(C=NNC(=O)c2[nH]c3c(C)cc(C)cc3c2-c2ccccc2Cl)ccc1OC(=O)c1ccc(Br)cc1. The van der Waals surface area contributed by atoms with E-state index in [0.29, 0.717) is 33.2 Å². The Morgan fingerprint density at radius 2 is 1.73 bits per heavy atom. The van der Waals surface area contributed by atoms with Crippen molar-refractivity contribution in [2.75, 3.05) is 7.11 Å². The van der Waals surface area contributed by atoms with Crippen molar-refractivity contribution in [2.24, 2.45) is 5.10 Å². The number of methoxy groups -OCH3 is 1. The quantitative estimate of drug-likeness (QED) is 0.0829. The second-order valence-corrected chi connectivity index (χ2v) is 10.7. The maximum atomic E-state index is 13.4. The highest BCUT2D eigenvalue weighted by Crippen LogP contribution is 2.38. The van der Waals surface area contributed by atoms with Crippen LogP contribution in [0.3, 0.4) is 0 Å². The van der Waals surface area contributed by atoms with Crippen molar-refractivity contribution in [2.45, 2.75) is 13.8 Å². The number of hydrazone groups is 1. The van der Waals surface area contributed by atoms with Crippen LogP contribution >= 0.6 is 27.5 Å². The molecule has 0 unspecified atom stereocenters. The molecule has 0 fully saturated rings. The number of esters is 1. The fourth-order valence-corrected chi connectivity index (χ4v) is 5.08. The van der Waals surface area contributed by atoms with Crippen LogP contribution in [0, 0.1) is 13.8 Å². The zero-order valence-electron chi connectivity index (χ0n) is 22.4. The van der Waals surface area contributed by atoms with Crippen LogP contribution in [0.4, 0.5) is 0 Å². The molecule has 5 aromatic rings. The number of aromatic amines is 1. The van der Waals surface area contributed by atoms with Crippen molar-refractivity contribution in [3.63, 3.8) is 0 Å². The maximum absolute atomic E-state index is 13.4. The Balaban J connectivity index is 1.38. The summed E-state index contributed by atoms with van der Waals surface area (Å²) in [6, 6.07) is 23.3. The average molecular weight is 631 g/mol. The summed E-state index contributed by atoms with van der Waals surface area (Å²) in [6.45, 7) is 4.01. The number of nitrogens with one attached hydrogen (secondary N) is 2. The first kappa shape index (κ1) is 28.1. The molecule has 7 nitrogen and oxygen atoms in total. The molecule has 9 heteroatoms. The normalized spacial score (nSPS) is 11.1. The average Bonchev–Trinajstić information content (AvgIpc) is 3.34. The number of halogens is 2. The summed E-state index contributed by atoms with van der Waals surface area (Å²) in [5.74, 6) is -0.332. The van der Waals surface area contributed by atoms with Gasteiger partial charge in [-0.15, -0.1) is 0 Å². The first-order valence-corrected chi connectivity index (χ1v) is 13.8. The minimum Gasteiger partial charge on any atom is -0.493 e. The van der Waals surface area contributed by atoms with Gasteiger partial charge in [-0.3, -0.25) is 4.79 Å². The van der Waals surface area contributed by atoms with Gasteiger partial charge in [-0.25, -0.2) is 10.2 Å². The van der Waals surface area contributed by atoms with Crippen molar-refractivity contribution < 1.29 is 19.1 Å². The van der Waals surface area contributed by atoms with Gasteiger partial charge in [0.05, 0.1) is 18.9 Å². The lowest BCUT2D eigenvalue weighted by Gasteiger charge is -2.10. The molecule has 0 atom stereocenters. The number of carbonyl (C=O) groups is 2. The standard InChI is InChI=1S/C32H25BrClN3O4/c1-18-14-19(2)29-24(15-18)28(23-6-4-5-7-25(23)34)30(36-29)31(38)37-35-17-20-8-13-26(27(16-20)40-3)41-32(39)21-9-11-22(33)12-10-21/h4-17,36H,1-3H3,(H,37,38). The second kappa shape index (κ2) is 12.0. The Kier molecular flexibility index (Phi) is 8.23. The highest BCUT2D eigenvalue weighted by molar-refractivity contribution is 9.10. The molecule has 2 N–H and O–H groups in total. The molecule has 1 amide bonds. The molecular weight excluding hydrogens is 606 g/mol. The molecule has 206 valence electrons. The number of fused-ring (bicyclic) bond motifs is 1. The van der Waals surface area contributed by atoms with Gasteiger partial charge < -0.3 is 14.5 Å². The molecule has 0 bridgehead atoms. The molecule has 0 saturated carbocycles. The van der Waals surface area contributed by atoms with Crippen molar-refractivity contribution in [3.05, 3.63) is 116 Å². The number of rotatable bonds is 7. The summed E-state index contributed by atoms with van der Waals surface area (Å²) < 4.78 is 11.8. The Labute approximate surface area is 250 Å². The predicted molar refractivity (Wildman–Crippen MR) is 165 cm³/mol. The van der Waals surface area contributed by atoms with E-state index in [0.717, 1.165) is 32.1 Å². The predicted octanol–water partition coefficient (Wildman–Crippen LogP) is 7.86. The Bertz CT molecular complexity index is 1810. The van der Waals surface area contributed by atoms with E-state index >= 15 is 0 Å². The number of ether oxygens (including phenoxy) is 2. The minimum absolute atomic E-state index is 0.259. The first-order chi connectivity index (χ1) is 19.7. The maximum Gasteiger partial charge on any atom is 0.343 e. The first-order valence-electron chi connectivity index (χ1n) is 12.6. The van der Waals surface area contributed by atoms with E-state index in [1.807, 2.05) is 38.1 Å². The topological polar surface area (TPSA) is 92.8 Å². The van der Waals surface area contributed by atoms with E-state index in [9.17, 15) is 9.59 Å². The second-order valence-electron chi connectivity index (χ2n) is 9.37. The number of aromatic nitrogens is 1. The molecule has 1 aromatic heterocycles. The Morgan fingerprint density at radius 1 is 0.976 bits per heavy atom. The number of amides is 1. The van der Waals surface area contributed by atoms with Crippen LogP contribution in [-0.2, 0) is 0 Å². The molecule has 41 heavy (non-hydrogen) atoms. The molecule has 0 aliphatic rings. The van der Waals surface area contributed by atoms with Gasteiger partial charge in [-0.2, -0.15) is 5.10 Å². The van der Waals surface area contributed by atoms with Crippen LogP contribution < -0.4 is 14.9 Å². The molecule has 0 radical (unpaired) electrons. The third kappa shape index (κ3) is 6.04. The zero-order chi connectivity index (χ0) is 29.1. The fourth-order valence-electron chi connectivity index (χ4n) is 4.58. The van der Waals surface area contributed by atoms with Crippen LogP contribution in [0.2, 0.25) is 5.02 Å². The Hall–Kier alpha value is -4.40. The van der Waals surface area contributed by atoms with E-state index in [1.165, 1.54) is 13.3 Å². The third-order valence-electron chi connectivity index (χ3n) is 6.47. The fraction of sp³-hybridized carbons (Fsp3) is 0.0938. The van der Waals surface area contributed by atoms with E-state index in [1.54, 1.807) is 48.5 Å². The molecule has 5 rings (SSSR count). The molecule has 1 heterocycles. The summed E-state index contributed by atoms with van der Waals surface area (Å²) in [4.78, 5) is 29.2. The number of hydrogen-bond acceptors (Lipinski definition) is 5. The zero-order valence-corrected chi connectivity index (χ0v) is 24.8. The van der Waals surface area contributed by atoms with Gasteiger partial charge in [-0.1, -0.05) is 57.4 Å². The summed E-state index contributed by atoms with van der Waals surface area (Å²) in [7, 11) is 1.48. The van der Waals surface area contributed by atoms with Crippen LogP contribution in [-0.4, -0.2) is 30.2 Å². The molecule has 0 spiro atoms. The minimum atomic E-state index is -0.512. The molecular formula is C32H25BrClN3O4. The number of H-pyrrole nitrogens is 1. The van der Waals surface area contributed by atoms with Gasteiger partial charge in [0.15, 0.2) is 11.5 Å². The summed E-state index contributed by atoms with van der Waals surface area (Å²) >= 11 is 9.90. The molecule has 0 aliphatic heterocycles. The number of aryl methyl sites for hydroxylation is 2. The van der Waals surface area contributed by atoms with Gasteiger partial charge in [-0.05, 0) is 79.6 Å². The highest BCUT2D eigenvalue weighted by atomic mass is 79.9. The Morgan fingerprint density at radius 3 is 2.46 bits per heavy atom. The monoisotopic (exact) mass is 629 g/mol. The number of nitrogens with zero attached hydrogens (tertiary/aromatic N) is 1. The van der Waals surface area contributed by atoms with Gasteiger partial charge in [0.1, 0.15) is 5.69 Å². The van der Waals surface area contributed by atoms with Crippen molar-refractivity contribution >= 4 is 56.5 Å². The lowest BCUT2D eigenvalue weighted by Crippen LogP contribution is -2.19. The van der Waals surface area contributed by atoms with Gasteiger partial charge in [0.2, 0.25) is 0 Å². The van der Waals surface area contributed by atoms with E-state index in [-0.39, 0.29) is 5.75 Å². The van der Waals surface area contributed by atoms with Crippen LogP contribution in [0.5, 0.6) is 11.5 Å². The summed E-state index contributed by atoms with van der Waals surface area (Å²) in [5, 5.41) is 5.61. The smallest absolute Gasteiger partial charge is 0.343 e. The lowest BCUT2D eigenvalue weighted by atomic mass is 9.99. The van der Waals surface area contributed by atoms with Crippen LogP contribution in [0.1, 0.15) is 37.5 Å². The molecule has 0 saturated heterocycles. The highest BCUT2D eigenvalue weighted by Gasteiger charge is 2.22. The van der Waals surface area contributed by atoms with Crippen molar-refractivity contribution in [3.8, 4) is 22.6 Å². The number of hydrogen-bond donors (Lipinski definition) is 2. The van der Waals surface area contributed by atoms with E-state index in [4.69, 9.17) is 21.1 Å². The lowest BCUT2D eigenvalue weighted by molar-refractivity contribution is 0.0729.